The molecule has 1 aliphatic heterocycles. The van der Waals surface area contributed by atoms with Crippen molar-refractivity contribution in [3.05, 3.63) is 64.8 Å². The van der Waals surface area contributed by atoms with E-state index in [2.05, 4.69) is 28.6 Å². The van der Waals surface area contributed by atoms with Crippen molar-refractivity contribution in [3.8, 4) is 0 Å². The lowest BCUT2D eigenvalue weighted by molar-refractivity contribution is 0.196. The van der Waals surface area contributed by atoms with Crippen LogP contribution < -0.4 is 10.6 Å². The smallest absolute Gasteiger partial charge is 0.326 e. The Balaban J connectivity index is 1.27. The summed E-state index contributed by atoms with van der Waals surface area (Å²) in [6.07, 6.45) is 2.06. The zero-order chi connectivity index (χ0) is 21.1. The molecule has 6 heteroatoms. The van der Waals surface area contributed by atoms with E-state index in [0.29, 0.717) is 0 Å². The minimum atomic E-state index is -0.186. The first-order chi connectivity index (χ1) is 14.4. The third kappa shape index (κ3) is 4.75. The van der Waals surface area contributed by atoms with Gasteiger partial charge in [-0.2, -0.15) is 0 Å². The lowest BCUT2D eigenvalue weighted by atomic mass is 9.85. The quantitative estimate of drug-likeness (QED) is 0.638. The van der Waals surface area contributed by atoms with Gasteiger partial charge in [0, 0.05) is 38.4 Å². The predicted molar refractivity (Wildman–Crippen MR) is 121 cm³/mol. The Labute approximate surface area is 177 Å². The number of rotatable bonds is 7. The fraction of sp³-hybridized carbons (Fsp3) is 0.458. The fourth-order valence-corrected chi connectivity index (χ4v) is 4.21. The van der Waals surface area contributed by atoms with Crippen LogP contribution in [0, 0.1) is 11.2 Å². The van der Waals surface area contributed by atoms with Crippen LogP contribution in [-0.4, -0.2) is 47.2 Å². The van der Waals surface area contributed by atoms with Crippen molar-refractivity contribution in [1.29, 1.82) is 0 Å². The van der Waals surface area contributed by atoms with Gasteiger partial charge in [0.15, 0.2) is 0 Å². The van der Waals surface area contributed by atoms with Crippen molar-refractivity contribution < 1.29 is 4.39 Å². The van der Waals surface area contributed by atoms with E-state index in [0.717, 1.165) is 68.8 Å². The Kier molecular flexibility index (Phi) is 5.95. The van der Waals surface area contributed by atoms with Gasteiger partial charge in [0.2, 0.25) is 0 Å². The van der Waals surface area contributed by atoms with Crippen LogP contribution in [0.1, 0.15) is 26.7 Å². The average molecular weight is 411 g/mol. The highest BCUT2D eigenvalue weighted by Crippen LogP contribution is 2.27. The Hall–Kier alpha value is -2.60. The number of nitrogens with one attached hydrogen (secondary N) is 1. The number of benzene rings is 2. The van der Waals surface area contributed by atoms with E-state index in [1.54, 1.807) is 0 Å². The topological polar surface area (TPSA) is 44.3 Å². The summed E-state index contributed by atoms with van der Waals surface area (Å²) in [7, 11) is 0. The number of nitrogens with zero attached hydrogens (tertiary/aromatic N) is 3. The first-order valence-corrected chi connectivity index (χ1v) is 10.8. The molecule has 0 atom stereocenters. The third-order valence-electron chi connectivity index (χ3n) is 6.36. The van der Waals surface area contributed by atoms with E-state index in [4.69, 9.17) is 0 Å². The highest BCUT2D eigenvalue weighted by Gasteiger charge is 2.23. The lowest BCUT2D eigenvalue weighted by Gasteiger charge is -2.37. The van der Waals surface area contributed by atoms with Gasteiger partial charge < -0.3 is 9.88 Å². The first-order valence-electron chi connectivity index (χ1n) is 10.8. The van der Waals surface area contributed by atoms with Crippen LogP contribution in [0.5, 0.6) is 0 Å². The molecule has 2 aromatic carbocycles. The minimum Gasteiger partial charge on any atom is -0.369 e. The van der Waals surface area contributed by atoms with Gasteiger partial charge in [-0.15, -0.1) is 0 Å². The number of para-hydroxylation sites is 2. The number of fused-ring (bicyclic) bond motifs is 1. The summed E-state index contributed by atoms with van der Waals surface area (Å²) in [5.74, 6) is -0.186. The molecule has 3 aromatic rings. The summed E-state index contributed by atoms with van der Waals surface area (Å²) in [6, 6.07) is 14.7. The number of imidazole rings is 1. The monoisotopic (exact) mass is 410 g/mol. The summed E-state index contributed by atoms with van der Waals surface area (Å²) >= 11 is 0. The number of aromatic nitrogens is 2. The SMILES string of the molecule is CC(C)(CCN1CCN(c2ccc(F)cc2)CC1)CCn1c(=O)[nH]c2ccccc21. The number of aromatic amines is 1. The van der Waals surface area contributed by atoms with Gasteiger partial charge in [-0.25, -0.2) is 9.18 Å². The number of hydrogen-bond donors (Lipinski definition) is 1. The maximum absolute atomic E-state index is 13.1. The van der Waals surface area contributed by atoms with Crippen molar-refractivity contribution in [1.82, 2.24) is 14.5 Å². The van der Waals surface area contributed by atoms with Crippen LogP contribution in [0.4, 0.5) is 10.1 Å². The number of hydrogen-bond acceptors (Lipinski definition) is 3. The second-order valence-corrected chi connectivity index (χ2v) is 9.07. The molecule has 0 saturated carbocycles. The predicted octanol–water partition coefficient (Wildman–Crippen LogP) is 4.10. The molecule has 1 aliphatic rings. The standard InChI is InChI=1S/C24H31FN4O/c1-24(2,12-14-29-22-6-4-3-5-21(22)26-23(29)30)11-13-27-15-17-28(18-16-27)20-9-7-19(25)8-10-20/h3-10H,11-18H2,1-2H3,(H,26,30). The zero-order valence-corrected chi connectivity index (χ0v) is 17.9. The molecule has 1 fully saturated rings. The molecule has 0 unspecified atom stereocenters. The van der Waals surface area contributed by atoms with Gasteiger partial charge in [-0.1, -0.05) is 26.0 Å². The molecule has 1 saturated heterocycles. The van der Waals surface area contributed by atoms with Crippen molar-refractivity contribution in [3.63, 3.8) is 0 Å². The fourth-order valence-electron chi connectivity index (χ4n) is 4.21. The second-order valence-electron chi connectivity index (χ2n) is 9.07. The van der Waals surface area contributed by atoms with Gasteiger partial charge in [-0.05, 0) is 61.2 Å². The normalized spacial score (nSPS) is 15.8. The second kappa shape index (κ2) is 8.64. The number of piperazine rings is 1. The van der Waals surface area contributed by atoms with Crippen molar-refractivity contribution in [2.45, 2.75) is 33.2 Å². The maximum Gasteiger partial charge on any atom is 0.326 e. The van der Waals surface area contributed by atoms with Gasteiger partial charge >= 0.3 is 5.69 Å². The lowest BCUT2D eigenvalue weighted by Crippen LogP contribution is -2.47. The summed E-state index contributed by atoms with van der Waals surface area (Å²) in [5.41, 5.74) is 3.12. The molecule has 0 spiro atoms. The molecule has 1 aromatic heterocycles. The van der Waals surface area contributed by atoms with Gasteiger partial charge in [0.05, 0.1) is 11.0 Å². The van der Waals surface area contributed by atoms with Gasteiger partial charge in [0.25, 0.3) is 0 Å². The van der Waals surface area contributed by atoms with E-state index >= 15 is 0 Å². The maximum atomic E-state index is 13.1. The van der Waals surface area contributed by atoms with E-state index in [-0.39, 0.29) is 16.9 Å². The summed E-state index contributed by atoms with van der Waals surface area (Å²) < 4.78 is 15.0. The Bertz CT molecular complexity index is 1030. The number of anilines is 1. The largest absolute Gasteiger partial charge is 0.369 e. The summed E-state index contributed by atoms with van der Waals surface area (Å²) in [4.78, 5) is 20.1. The Morgan fingerprint density at radius 1 is 0.933 bits per heavy atom. The van der Waals surface area contributed by atoms with Crippen LogP contribution >= 0.6 is 0 Å². The molecule has 0 bridgehead atoms. The van der Waals surface area contributed by atoms with E-state index in [1.807, 2.05) is 41.0 Å². The average Bonchev–Trinajstić information content (AvgIpc) is 3.07. The Morgan fingerprint density at radius 2 is 1.60 bits per heavy atom. The summed E-state index contributed by atoms with van der Waals surface area (Å²) in [5, 5.41) is 0. The molecule has 0 amide bonds. The molecule has 1 N–H and O–H groups in total. The molecular formula is C24H31FN4O. The van der Waals surface area contributed by atoms with Crippen LogP contribution in [-0.2, 0) is 6.54 Å². The molecule has 30 heavy (non-hydrogen) atoms. The van der Waals surface area contributed by atoms with Crippen molar-refractivity contribution >= 4 is 16.7 Å². The molecule has 160 valence electrons. The van der Waals surface area contributed by atoms with Crippen LogP contribution in [0.25, 0.3) is 11.0 Å². The van der Waals surface area contributed by atoms with E-state index < -0.39 is 0 Å². The van der Waals surface area contributed by atoms with Crippen molar-refractivity contribution in [2.75, 3.05) is 37.6 Å². The highest BCUT2D eigenvalue weighted by atomic mass is 19.1. The minimum absolute atomic E-state index is 0.0242. The number of aryl methyl sites for hydroxylation is 1. The zero-order valence-electron chi connectivity index (χ0n) is 17.9. The molecule has 4 rings (SSSR count). The summed E-state index contributed by atoms with van der Waals surface area (Å²) in [6.45, 7) is 10.4. The molecule has 2 heterocycles. The van der Waals surface area contributed by atoms with Crippen LogP contribution in [0.15, 0.2) is 53.3 Å². The molecule has 5 nitrogen and oxygen atoms in total. The van der Waals surface area contributed by atoms with Gasteiger partial charge in [0.1, 0.15) is 5.82 Å². The Morgan fingerprint density at radius 3 is 2.33 bits per heavy atom. The van der Waals surface area contributed by atoms with E-state index in [1.165, 1.54) is 12.1 Å². The highest BCUT2D eigenvalue weighted by molar-refractivity contribution is 5.74. The molecule has 0 radical (unpaired) electrons. The third-order valence-corrected chi connectivity index (χ3v) is 6.36. The van der Waals surface area contributed by atoms with Crippen LogP contribution in [0.3, 0.4) is 0 Å². The van der Waals surface area contributed by atoms with E-state index in [9.17, 15) is 9.18 Å². The number of H-pyrrole nitrogens is 1. The van der Waals surface area contributed by atoms with Gasteiger partial charge in [-0.3, -0.25) is 9.47 Å². The molecular weight excluding hydrogens is 379 g/mol. The van der Waals surface area contributed by atoms with Crippen molar-refractivity contribution in [2.24, 2.45) is 5.41 Å². The number of halogens is 1. The molecule has 0 aliphatic carbocycles. The van der Waals surface area contributed by atoms with Crippen LogP contribution in [0.2, 0.25) is 0 Å². The first kappa shape index (κ1) is 20.7.